The fourth-order valence-electron chi connectivity index (χ4n) is 1.22. The lowest BCUT2D eigenvalue weighted by Crippen LogP contribution is -2.06. The van der Waals surface area contributed by atoms with E-state index in [0.29, 0.717) is 11.1 Å². The Morgan fingerprint density at radius 2 is 2.21 bits per heavy atom. The van der Waals surface area contributed by atoms with Crippen LogP contribution in [0, 0.1) is 12.8 Å². The van der Waals surface area contributed by atoms with Gasteiger partial charge in [-0.3, -0.25) is 0 Å². The van der Waals surface area contributed by atoms with Crippen molar-refractivity contribution >= 4 is 17.3 Å². The van der Waals surface area contributed by atoms with Gasteiger partial charge in [-0.05, 0) is 30.9 Å². The lowest BCUT2D eigenvalue weighted by molar-refractivity contribution is 0.607. The van der Waals surface area contributed by atoms with Gasteiger partial charge in [0.1, 0.15) is 0 Å². The highest BCUT2D eigenvalue weighted by atomic mass is 35.5. The maximum atomic E-state index is 5.97. The van der Waals surface area contributed by atoms with Crippen molar-refractivity contribution in [2.24, 2.45) is 5.92 Å². The highest BCUT2D eigenvalue weighted by Gasteiger charge is 2.03. The summed E-state index contributed by atoms with van der Waals surface area (Å²) in [5, 5.41) is 3.88. The van der Waals surface area contributed by atoms with E-state index in [2.05, 4.69) is 24.1 Å². The molecule has 0 amide bonds. The second kappa shape index (κ2) is 5.20. The predicted molar refractivity (Wildman–Crippen MR) is 61.9 cm³/mol. The van der Waals surface area contributed by atoms with Gasteiger partial charge in [0, 0.05) is 12.7 Å². The Labute approximate surface area is 90.7 Å². The topological polar surface area (TPSA) is 24.9 Å². The highest BCUT2D eigenvalue weighted by molar-refractivity contribution is 6.32. The summed E-state index contributed by atoms with van der Waals surface area (Å²) in [7, 11) is 0. The van der Waals surface area contributed by atoms with Crippen molar-refractivity contribution in [2.75, 3.05) is 11.9 Å². The number of nitrogens with one attached hydrogen (secondary N) is 1. The lowest BCUT2D eigenvalue weighted by atomic mass is 10.1. The van der Waals surface area contributed by atoms with E-state index in [0.717, 1.165) is 24.2 Å². The Morgan fingerprint density at radius 3 is 2.79 bits per heavy atom. The number of anilines is 1. The van der Waals surface area contributed by atoms with Crippen LogP contribution >= 0.6 is 11.6 Å². The molecular weight excluding hydrogens is 196 g/mol. The standard InChI is InChI=1S/C11H17ClN2/c1-8(2)4-6-13-10-9(3)5-7-14-11(10)12/h5,7-8,13H,4,6H2,1-3H3. The van der Waals surface area contributed by atoms with Crippen LogP contribution in [0.4, 0.5) is 5.69 Å². The van der Waals surface area contributed by atoms with Gasteiger partial charge in [-0.25, -0.2) is 4.98 Å². The second-order valence-corrected chi connectivity index (χ2v) is 4.26. The molecule has 0 spiro atoms. The molecule has 14 heavy (non-hydrogen) atoms. The zero-order valence-corrected chi connectivity index (χ0v) is 9.73. The minimum absolute atomic E-state index is 0.564. The summed E-state index contributed by atoms with van der Waals surface area (Å²) >= 11 is 5.97. The molecule has 0 aliphatic heterocycles. The van der Waals surface area contributed by atoms with Crippen molar-refractivity contribution in [1.29, 1.82) is 0 Å². The Bertz CT molecular complexity index is 277. The van der Waals surface area contributed by atoms with Crippen molar-refractivity contribution < 1.29 is 0 Å². The third-order valence-electron chi connectivity index (χ3n) is 2.14. The summed E-state index contributed by atoms with van der Waals surface area (Å²) in [4.78, 5) is 4.04. The van der Waals surface area contributed by atoms with Crippen LogP contribution in [0.1, 0.15) is 25.8 Å². The SMILES string of the molecule is Cc1ccnc(Cl)c1NCCC(C)C. The summed E-state index contributed by atoms with van der Waals surface area (Å²) in [6, 6.07) is 1.96. The van der Waals surface area contributed by atoms with Crippen LogP contribution in [0.2, 0.25) is 5.15 Å². The minimum Gasteiger partial charge on any atom is -0.382 e. The first kappa shape index (κ1) is 11.3. The molecule has 0 aromatic carbocycles. The molecule has 0 unspecified atom stereocenters. The Morgan fingerprint density at radius 1 is 1.50 bits per heavy atom. The number of nitrogens with zero attached hydrogens (tertiary/aromatic N) is 1. The molecule has 2 nitrogen and oxygen atoms in total. The van der Waals surface area contributed by atoms with Gasteiger partial charge in [-0.15, -0.1) is 0 Å². The van der Waals surface area contributed by atoms with Gasteiger partial charge >= 0.3 is 0 Å². The fourth-order valence-corrected chi connectivity index (χ4v) is 1.50. The molecule has 3 heteroatoms. The first-order valence-corrected chi connectivity index (χ1v) is 5.34. The molecule has 1 N–H and O–H groups in total. The number of rotatable bonds is 4. The first-order valence-electron chi connectivity index (χ1n) is 4.96. The fraction of sp³-hybridized carbons (Fsp3) is 0.545. The van der Waals surface area contributed by atoms with Gasteiger partial charge in [-0.2, -0.15) is 0 Å². The van der Waals surface area contributed by atoms with Crippen LogP contribution in [0.5, 0.6) is 0 Å². The molecule has 1 heterocycles. The van der Waals surface area contributed by atoms with Gasteiger partial charge in [0.2, 0.25) is 0 Å². The quantitative estimate of drug-likeness (QED) is 0.773. The van der Waals surface area contributed by atoms with E-state index in [4.69, 9.17) is 11.6 Å². The molecule has 1 aromatic rings. The summed E-state index contributed by atoms with van der Waals surface area (Å²) in [6.45, 7) is 7.40. The molecule has 0 bridgehead atoms. The van der Waals surface area contributed by atoms with Gasteiger partial charge < -0.3 is 5.32 Å². The monoisotopic (exact) mass is 212 g/mol. The number of hydrogen-bond donors (Lipinski definition) is 1. The van der Waals surface area contributed by atoms with Crippen molar-refractivity contribution in [3.63, 3.8) is 0 Å². The van der Waals surface area contributed by atoms with E-state index in [1.807, 2.05) is 13.0 Å². The second-order valence-electron chi connectivity index (χ2n) is 3.90. The van der Waals surface area contributed by atoms with E-state index in [1.165, 1.54) is 0 Å². The van der Waals surface area contributed by atoms with Crippen molar-refractivity contribution in [3.8, 4) is 0 Å². The smallest absolute Gasteiger partial charge is 0.152 e. The molecule has 0 aliphatic carbocycles. The van der Waals surface area contributed by atoms with Crippen LogP contribution in [0.3, 0.4) is 0 Å². The zero-order valence-electron chi connectivity index (χ0n) is 8.97. The molecular formula is C11H17ClN2. The normalized spacial score (nSPS) is 10.6. The summed E-state index contributed by atoms with van der Waals surface area (Å²) < 4.78 is 0. The van der Waals surface area contributed by atoms with Crippen LogP contribution < -0.4 is 5.32 Å². The molecule has 78 valence electrons. The Balaban J connectivity index is 2.58. The number of halogens is 1. The molecule has 0 aliphatic rings. The highest BCUT2D eigenvalue weighted by Crippen LogP contribution is 2.22. The van der Waals surface area contributed by atoms with Crippen molar-refractivity contribution in [2.45, 2.75) is 27.2 Å². The van der Waals surface area contributed by atoms with Crippen LogP contribution in [-0.4, -0.2) is 11.5 Å². The molecule has 0 saturated heterocycles. The van der Waals surface area contributed by atoms with E-state index >= 15 is 0 Å². The number of aryl methyl sites for hydroxylation is 1. The maximum Gasteiger partial charge on any atom is 0.152 e. The molecule has 1 aromatic heterocycles. The number of pyridine rings is 1. The van der Waals surface area contributed by atoms with E-state index in [1.54, 1.807) is 6.20 Å². The molecule has 0 radical (unpaired) electrons. The van der Waals surface area contributed by atoms with Crippen LogP contribution in [0.25, 0.3) is 0 Å². The Kier molecular flexibility index (Phi) is 4.21. The van der Waals surface area contributed by atoms with Crippen LogP contribution in [-0.2, 0) is 0 Å². The average Bonchev–Trinajstić information content (AvgIpc) is 2.09. The van der Waals surface area contributed by atoms with E-state index in [9.17, 15) is 0 Å². The molecule has 0 atom stereocenters. The zero-order chi connectivity index (χ0) is 10.6. The predicted octanol–water partition coefficient (Wildman–Crippen LogP) is 3.50. The third kappa shape index (κ3) is 3.18. The largest absolute Gasteiger partial charge is 0.382 e. The van der Waals surface area contributed by atoms with E-state index < -0.39 is 0 Å². The van der Waals surface area contributed by atoms with Gasteiger partial charge in [0.25, 0.3) is 0 Å². The molecule has 0 fully saturated rings. The number of hydrogen-bond acceptors (Lipinski definition) is 2. The Hall–Kier alpha value is -0.760. The maximum absolute atomic E-state index is 5.97. The summed E-state index contributed by atoms with van der Waals surface area (Å²) in [6.07, 6.45) is 2.87. The first-order chi connectivity index (χ1) is 6.61. The number of aromatic nitrogens is 1. The summed E-state index contributed by atoms with van der Waals surface area (Å²) in [5.41, 5.74) is 2.11. The lowest BCUT2D eigenvalue weighted by Gasteiger charge is -2.11. The third-order valence-corrected chi connectivity index (χ3v) is 2.42. The molecule has 0 saturated carbocycles. The van der Waals surface area contributed by atoms with Gasteiger partial charge in [0.15, 0.2) is 5.15 Å². The van der Waals surface area contributed by atoms with Crippen molar-refractivity contribution in [3.05, 3.63) is 23.0 Å². The van der Waals surface area contributed by atoms with E-state index in [-0.39, 0.29) is 0 Å². The van der Waals surface area contributed by atoms with Crippen molar-refractivity contribution in [1.82, 2.24) is 4.98 Å². The minimum atomic E-state index is 0.564. The molecule has 1 rings (SSSR count). The van der Waals surface area contributed by atoms with Crippen LogP contribution in [0.15, 0.2) is 12.3 Å². The van der Waals surface area contributed by atoms with Gasteiger partial charge in [0.05, 0.1) is 5.69 Å². The summed E-state index contributed by atoms with van der Waals surface area (Å²) in [5.74, 6) is 0.707. The average molecular weight is 213 g/mol. The van der Waals surface area contributed by atoms with Gasteiger partial charge in [-0.1, -0.05) is 25.4 Å².